The summed E-state index contributed by atoms with van der Waals surface area (Å²) in [5.41, 5.74) is 1.45. The summed E-state index contributed by atoms with van der Waals surface area (Å²) in [6, 6.07) is 14.2. The molecule has 2 amide bonds. The lowest BCUT2D eigenvalue weighted by molar-refractivity contribution is -0.116. The van der Waals surface area contributed by atoms with Crippen LogP contribution in [-0.4, -0.2) is 40.3 Å². The Morgan fingerprint density at radius 1 is 1.10 bits per heavy atom. The first kappa shape index (κ1) is 20.9. The molecule has 0 bridgehead atoms. The van der Waals surface area contributed by atoms with E-state index in [2.05, 4.69) is 15.5 Å². The maximum Gasteiger partial charge on any atom is 0.285 e. The van der Waals surface area contributed by atoms with Gasteiger partial charge in [0.05, 0.1) is 0 Å². The van der Waals surface area contributed by atoms with Crippen molar-refractivity contribution in [3.8, 4) is 11.4 Å². The van der Waals surface area contributed by atoms with Crippen molar-refractivity contribution in [2.75, 3.05) is 19.4 Å². The largest absolute Gasteiger partial charge is 0.339 e. The van der Waals surface area contributed by atoms with E-state index in [0.29, 0.717) is 28.8 Å². The number of amides is 2. The molecule has 9 heteroatoms. The Bertz CT molecular complexity index is 988. The Balaban J connectivity index is 1.50. The number of hydrogen-bond acceptors (Lipinski definition) is 6. The van der Waals surface area contributed by atoms with Crippen LogP contribution < -0.4 is 5.32 Å². The number of halogens is 1. The van der Waals surface area contributed by atoms with Crippen molar-refractivity contribution in [1.82, 2.24) is 15.0 Å². The zero-order valence-corrected chi connectivity index (χ0v) is 17.5. The van der Waals surface area contributed by atoms with Crippen LogP contribution in [0.5, 0.6) is 0 Å². The zero-order chi connectivity index (χ0) is 20.8. The number of anilines is 1. The number of aromatic nitrogens is 2. The summed E-state index contributed by atoms with van der Waals surface area (Å²) in [6.07, 6.45) is 0.537. The standard InChI is InChI=1S/C20H19ClN4O3S/c1-25(2)20(27)29-16-9-7-15(8-10-16)22-17(26)11-12-18-23-19(24-28-18)13-3-5-14(21)6-4-13/h3-10H,11-12H2,1-2H3,(H,22,26). The molecule has 0 atom stereocenters. The number of benzene rings is 2. The van der Waals surface area contributed by atoms with Crippen LogP contribution >= 0.6 is 23.4 Å². The van der Waals surface area contributed by atoms with Gasteiger partial charge in [0.1, 0.15) is 0 Å². The number of carbonyl (C=O) groups is 2. The Labute approximate surface area is 177 Å². The number of aryl methyl sites for hydroxylation is 1. The van der Waals surface area contributed by atoms with Gasteiger partial charge in [-0.15, -0.1) is 0 Å². The van der Waals surface area contributed by atoms with Crippen LogP contribution in [0.15, 0.2) is 57.9 Å². The van der Waals surface area contributed by atoms with Gasteiger partial charge in [-0.3, -0.25) is 9.59 Å². The van der Waals surface area contributed by atoms with Crippen LogP contribution in [0.1, 0.15) is 12.3 Å². The maximum atomic E-state index is 12.2. The SMILES string of the molecule is CN(C)C(=O)Sc1ccc(NC(=O)CCc2nc(-c3ccc(Cl)cc3)no2)cc1. The second-order valence-corrected chi connectivity index (χ2v) is 7.81. The van der Waals surface area contributed by atoms with Gasteiger partial charge in [-0.25, -0.2) is 0 Å². The van der Waals surface area contributed by atoms with Gasteiger partial charge in [-0.2, -0.15) is 4.98 Å². The third-order valence-electron chi connectivity index (χ3n) is 3.84. The highest BCUT2D eigenvalue weighted by atomic mass is 35.5. The maximum absolute atomic E-state index is 12.2. The van der Waals surface area contributed by atoms with Crippen LogP contribution in [-0.2, 0) is 11.2 Å². The summed E-state index contributed by atoms with van der Waals surface area (Å²) >= 11 is 7.00. The molecule has 0 aliphatic rings. The molecule has 3 aromatic rings. The quantitative estimate of drug-likeness (QED) is 0.568. The van der Waals surface area contributed by atoms with E-state index in [1.165, 1.54) is 4.90 Å². The predicted octanol–water partition coefficient (Wildman–Crippen LogP) is 4.74. The second-order valence-electron chi connectivity index (χ2n) is 6.35. The molecule has 0 unspecified atom stereocenters. The molecule has 3 rings (SSSR count). The molecule has 150 valence electrons. The molecule has 0 radical (unpaired) electrons. The molecule has 0 saturated heterocycles. The fraction of sp³-hybridized carbons (Fsp3) is 0.200. The Morgan fingerprint density at radius 2 is 1.79 bits per heavy atom. The Hall–Kier alpha value is -2.84. The number of rotatable bonds is 6. The number of thioether (sulfide) groups is 1. The van der Waals surface area contributed by atoms with Crippen molar-refractivity contribution >= 4 is 40.2 Å². The fourth-order valence-electron chi connectivity index (χ4n) is 2.31. The molecule has 2 aromatic carbocycles. The van der Waals surface area contributed by atoms with Crippen molar-refractivity contribution in [3.63, 3.8) is 0 Å². The van der Waals surface area contributed by atoms with Crippen molar-refractivity contribution in [1.29, 1.82) is 0 Å². The molecule has 0 aliphatic carbocycles. The highest BCUT2D eigenvalue weighted by Crippen LogP contribution is 2.23. The van der Waals surface area contributed by atoms with Crippen LogP contribution in [0, 0.1) is 0 Å². The molecule has 0 spiro atoms. The molecule has 7 nitrogen and oxygen atoms in total. The molecule has 0 saturated carbocycles. The van der Waals surface area contributed by atoms with Gasteiger partial charge in [0, 0.05) is 48.1 Å². The third-order valence-corrected chi connectivity index (χ3v) is 5.14. The molecule has 1 heterocycles. The van der Waals surface area contributed by atoms with E-state index in [0.717, 1.165) is 22.2 Å². The summed E-state index contributed by atoms with van der Waals surface area (Å²) in [6.45, 7) is 0. The van der Waals surface area contributed by atoms with Gasteiger partial charge in [-0.05, 0) is 60.3 Å². The highest BCUT2D eigenvalue weighted by Gasteiger charge is 2.11. The smallest absolute Gasteiger partial charge is 0.285 e. The lowest BCUT2D eigenvalue weighted by Crippen LogP contribution is -2.16. The number of nitrogens with one attached hydrogen (secondary N) is 1. The van der Waals surface area contributed by atoms with Gasteiger partial charge in [0.2, 0.25) is 17.6 Å². The predicted molar refractivity (Wildman–Crippen MR) is 113 cm³/mol. The average molecular weight is 431 g/mol. The van der Waals surface area contributed by atoms with Crippen LogP contribution in [0.3, 0.4) is 0 Å². The topological polar surface area (TPSA) is 88.3 Å². The van der Waals surface area contributed by atoms with E-state index in [9.17, 15) is 9.59 Å². The van der Waals surface area contributed by atoms with Gasteiger partial charge >= 0.3 is 0 Å². The summed E-state index contributed by atoms with van der Waals surface area (Å²) in [5, 5.41) is 7.32. The highest BCUT2D eigenvalue weighted by molar-refractivity contribution is 8.13. The lowest BCUT2D eigenvalue weighted by Gasteiger charge is -2.09. The lowest BCUT2D eigenvalue weighted by atomic mass is 10.2. The van der Waals surface area contributed by atoms with Crippen LogP contribution in [0.2, 0.25) is 5.02 Å². The minimum atomic E-state index is -0.166. The van der Waals surface area contributed by atoms with E-state index >= 15 is 0 Å². The van der Waals surface area contributed by atoms with Crippen molar-refractivity contribution in [2.24, 2.45) is 0 Å². The normalized spacial score (nSPS) is 10.6. The van der Waals surface area contributed by atoms with Crippen molar-refractivity contribution in [2.45, 2.75) is 17.7 Å². The molecular weight excluding hydrogens is 412 g/mol. The number of nitrogens with zero attached hydrogens (tertiary/aromatic N) is 3. The summed E-state index contributed by atoms with van der Waals surface area (Å²) in [4.78, 5) is 30.5. The average Bonchev–Trinajstić information content (AvgIpc) is 3.17. The van der Waals surface area contributed by atoms with Crippen LogP contribution in [0.4, 0.5) is 10.5 Å². The Morgan fingerprint density at radius 3 is 2.45 bits per heavy atom. The van der Waals surface area contributed by atoms with Gasteiger partial charge in [0.15, 0.2) is 0 Å². The number of carbonyl (C=O) groups excluding carboxylic acids is 2. The molecular formula is C20H19ClN4O3S. The minimum Gasteiger partial charge on any atom is -0.339 e. The van der Waals surface area contributed by atoms with Crippen molar-refractivity contribution < 1.29 is 14.1 Å². The van der Waals surface area contributed by atoms with E-state index < -0.39 is 0 Å². The number of hydrogen-bond donors (Lipinski definition) is 1. The van der Waals surface area contributed by atoms with E-state index in [4.69, 9.17) is 16.1 Å². The van der Waals surface area contributed by atoms with Crippen LogP contribution in [0.25, 0.3) is 11.4 Å². The van der Waals surface area contributed by atoms with Gasteiger partial charge < -0.3 is 14.7 Å². The van der Waals surface area contributed by atoms with E-state index in [1.54, 1.807) is 62.6 Å². The molecule has 29 heavy (non-hydrogen) atoms. The first-order valence-electron chi connectivity index (χ1n) is 8.78. The van der Waals surface area contributed by atoms with E-state index in [1.807, 2.05) is 0 Å². The summed E-state index contributed by atoms with van der Waals surface area (Å²) < 4.78 is 5.21. The monoisotopic (exact) mass is 430 g/mol. The van der Waals surface area contributed by atoms with Gasteiger partial charge in [0.25, 0.3) is 5.24 Å². The molecule has 0 fully saturated rings. The molecule has 1 aromatic heterocycles. The Kier molecular flexibility index (Phi) is 6.90. The molecule has 0 aliphatic heterocycles. The zero-order valence-electron chi connectivity index (χ0n) is 15.9. The first-order chi connectivity index (χ1) is 13.9. The van der Waals surface area contributed by atoms with E-state index in [-0.39, 0.29) is 17.6 Å². The first-order valence-corrected chi connectivity index (χ1v) is 9.98. The molecule has 1 N–H and O–H groups in total. The van der Waals surface area contributed by atoms with Gasteiger partial charge in [-0.1, -0.05) is 16.8 Å². The minimum absolute atomic E-state index is 0.0562. The third kappa shape index (κ3) is 6.07. The second kappa shape index (κ2) is 9.58. The summed E-state index contributed by atoms with van der Waals surface area (Å²) in [5.74, 6) is 0.678. The van der Waals surface area contributed by atoms with Crippen molar-refractivity contribution in [3.05, 3.63) is 59.4 Å². The summed E-state index contributed by atoms with van der Waals surface area (Å²) in [7, 11) is 3.40. The fourth-order valence-corrected chi connectivity index (χ4v) is 3.10.